The van der Waals surface area contributed by atoms with Crippen molar-refractivity contribution in [2.45, 2.75) is 63.8 Å². The van der Waals surface area contributed by atoms with Gasteiger partial charge in [0, 0.05) is 37.2 Å². The number of carbonyl (C=O) groups excluding carboxylic acids is 2. The van der Waals surface area contributed by atoms with E-state index in [9.17, 15) is 9.59 Å². The van der Waals surface area contributed by atoms with E-state index in [1.54, 1.807) is 4.90 Å². The summed E-state index contributed by atoms with van der Waals surface area (Å²) in [5, 5.41) is 6.17. The van der Waals surface area contributed by atoms with Crippen molar-refractivity contribution in [2.75, 3.05) is 13.6 Å². The summed E-state index contributed by atoms with van der Waals surface area (Å²) >= 11 is 0. The lowest BCUT2D eigenvalue weighted by atomic mass is 9.77. The first-order valence-corrected chi connectivity index (χ1v) is 8.62. The smallest absolute Gasteiger partial charge is 0.315 e. The summed E-state index contributed by atoms with van der Waals surface area (Å²) in [5.74, 6) is 0.190. The highest BCUT2D eigenvalue weighted by Gasteiger charge is 2.44. The van der Waals surface area contributed by atoms with Crippen molar-refractivity contribution in [3.63, 3.8) is 0 Å². The zero-order chi connectivity index (χ0) is 15.6. The van der Waals surface area contributed by atoms with Crippen LogP contribution in [0.5, 0.6) is 0 Å². The maximum Gasteiger partial charge on any atom is 0.315 e. The lowest BCUT2D eigenvalue weighted by Crippen LogP contribution is -2.50. The Labute approximate surface area is 132 Å². The largest absolute Gasteiger partial charge is 0.337 e. The van der Waals surface area contributed by atoms with E-state index in [-0.39, 0.29) is 17.4 Å². The fourth-order valence-corrected chi connectivity index (χ4v) is 4.22. The molecule has 1 unspecified atom stereocenters. The quantitative estimate of drug-likeness (QED) is 0.841. The van der Waals surface area contributed by atoms with Crippen LogP contribution in [0.15, 0.2) is 11.8 Å². The van der Waals surface area contributed by atoms with Gasteiger partial charge >= 0.3 is 6.03 Å². The van der Waals surface area contributed by atoms with Gasteiger partial charge in [0.15, 0.2) is 0 Å². The molecule has 0 radical (unpaired) electrons. The molecule has 3 rings (SSSR count). The monoisotopic (exact) mass is 305 g/mol. The first-order chi connectivity index (χ1) is 10.6. The fraction of sp³-hybridized carbons (Fsp3) is 0.765. The summed E-state index contributed by atoms with van der Waals surface area (Å²) in [6, 6.07) is 0.285. The fourth-order valence-electron chi connectivity index (χ4n) is 4.22. The molecule has 122 valence electrons. The lowest BCUT2D eigenvalue weighted by Gasteiger charge is -2.41. The zero-order valence-corrected chi connectivity index (χ0v) is 13.5. The van der Waals surface area contributed by atoms with Gasteiger partial charge < -0.3 is 15.5 Å². The highest BCUT2D eigenvalue weighted by atomic mass is 16.2. The summed E-state index contributed by atoms with van der Waals surface area (Å²) in [7, 11) is 1.86. The summed E-state index contributed by atoms with van der Waals surface area (Å²) in [5.41, 5.74) is 1.08. The predicted octanol–water partition coefficient (Wildman–Crippen LogP) is 2.53. The van der Waals surface area contributed by atoms with Crippen molar-refractivity contribution in [1.29, 1.82) is 0 Å². The molecule has 1 saturated carbocycles. The summed E-state index contributed by atoms with van der Waals surface area (Å²) in [6.07, 6.45) is 11.6. The molecule has 0 aromatic carbocycles. The first-order valence-electron chi connectivity index (χ1n) is 8.62. The SMILES string of the molecule is CN1C(=O)CCC2(CNC(=O)NC3CCCCC3)CCC=C12. The van der Waals surface area contributed by atoms with Gasteiger partial charge in [0.1, 0.15) is 0 Å². The molecule has 2 aliphatic carbocycles. The van der Waals surface area contributed by atoms with Crippen molar-refractivity contribution in [3.05, 3.63) is 11.8 Å². The Morgan fingerprint density at radius 2 is 2.09 bits per heavy atom. The van der Waals surface area contributed by atoms with Crippen LogP contribution in [0.1, 0.15) is 57.8 Å². The number of urea groups is 1. The van der Waals surface area contributed by atoms with Crippen LogP contribution in [0, 0.1) is 5.41 Å². The molecule has 1 saturated heterocycles. The van der Waals surface area contributed by atoms with Crippen molar-refractivity contribution in [3.8, 4) is 0 Å². The molecule has 2 N–H and O–H groups in total. The van der Waals surface area contributed by atoms with Gasteiger partial charge in [0.05, 0.1) is 0 Å². The third-order valence-electron chi connectivity index (χ3n) is 5.58. The molecule has 1 aliphatic heterocycles. The van der Waals surface area contributed by atoms with Crippen LogP contribution >= 0.6 is 0 Å². The maximum absolute atomic E-state index is 12.2. The number of nitrogens with one attached hydrogen (secondary N) is 2. The highest BCUT2D eigenvalue weighted by Crippen LogP contribution is 2.46. The van der Waals surface area contributed by atoms with Crippen molar-refractivity contribution in [1.82, 2.24) is 15.5 Å². The minimum absolute atomic E-state index is 0.0352. The number of nitrogens with zero attached hydrogens (tertiary/aromatic N) is 1. The molecule has 1 atom stereocenters. The third kappa shape index (κ3) is 2.99. The van der Waals surface area contributed by atoms with Gasteiger partial charge in [-0.3, -0.25) is 4.79 Å². The summed E-state index contributed by atoms with van der Waals surface area (Å²) in [4.78, 5) is 25.8. The Balaban J connectivity index is 1.55. The maximum atomic E-state index is 12.2. The number of allylic oxidation sites excluding steroid dienone is 1. The van der Waals surface area contributed by atoms with Crippen LogP contribution in [0.25, 0.3) is 0 Å². The number of piperidine rings is 1. The predicted molar refractivity (Wildman–Crippen MR) is 85.2 cm³/mol. The van der Waals surface area contributed by atoms with Gasteiger partial charge in [-0.05, 0) is 32.1 Å². The number of fused-ring (bicyclic) bond motifs is 1. The standard InChI is InChI=1S/C17H27N3O2/c1-20-14-8-5-10-17(14,11-9-15(20)21)12-18-16(22)19-13-6-3-2-4-7-13/h8,13H,2-7,9-12H2,1H3,(H2,18,19,22). The minimum Gasteiger partial charge on any atom is -0.337 e. The Morgan fingerprint density at radius 3 is 2.86 bits per heavy atom. The topological polar surface area (TPSA) is 61.4 Å². The van der Waals surface area contributed by atoms with E-state index in [1.807, 2.05) is 7.05 Å². The molecule has 0 aromatic rings. The van der Waals surface area contributed by atoms with E-state index < -0.39 is 0 Å². The Kier molecular flexibility index (Phi) is 4.41. The van der Waals surface area contributed by atoms with Crippen molar-refractivity contribution >= 4 is 11.9 Å². The van der Waals surface area contributed by atoms with Crippen LogP contribution in [-0.4, -0.2) is 36.5 Å². The van der Waals surface area contributed by atoms with Crippen LogP contribution < -0.4 is 10.6 Å². The number of hydrogen-bond donors (Lipinski definition) is 2. The molecular formula is C17H27N3O2. The van der Waals surface area contributed by atoms with Gasteiger partial charge in [-0.15, -0.1) is 0 Å². The van der Waals surface area contributed by atoms with Crippen LogP contribution in [0.3, 0.4) is 0 Å². The van der Waals surface area contributed by atoms with E-state index in [2.05, 4.69) is 16.7 Å². The van der Waals surface area contributed by atoms with Gasteiger partial charge in [0.25, 0.3) is 0 Å². The van der Waals surface area contributed by atoms with Gasteiger partial charge in [0.2, 0.25) is 5.91 Å². The lowest BCUT2D eigenvalue weighted by molar-refractivity contribution is -0.131. The molecule has 0 spiro atoms. The molecule has 0 aromatic heterocycles. The third-order valence-corrected chi connectivity index (χ3v) is 5.58. The number of carbonyl (C=O) groups is 2. The van der Waals surface area contributed by atoms with Crippen LogP contribution in [0.2, 0.25) is 0 Å². The average molecular weight is 305 g/mol. The minimum atomic E-state index is -0.0490. The van der Waals surface area contributed by atoms with Crippen LogP contribution in [-0.2, 0) is 4.79 Å². The molecule has 5 nitrogen and oxygen atoms in total. The second-order valence-electron chi connectivity index (χ2n) is 7.02. The molecule has 5 heteroatoms. The number of likely N-dealkylation sites (tertiary alicyclic amines) is 1. The highest BCUT2D eigenvalue weighted by molar-refractivity contribution is 5.80. The average Bonchev–Trinajstić information content (AvgIpc) is 2.95. The van der Waals surface area contributed by atoms with E-state index in [1.165, 1.54) is 19.3 Å². The molecular weight excluding hydrogens is 278 g/mol. The molecule has 22 heavy (non-hydrogen) atoms. The number of amides is 3. The molecule has 2 fully saturated rings. The molecule has 3 amide bonds. The number of hydrogen-bond acceptors (Lipinski definition) is 2. The first kappa shape index (κ1) is 15.4. The van der Waals surface area contributed by atoms with Crippen LogP contribution in [0.4, 0.5) is 4.79 Å². The van der Waals surface area contributed by atoms with Gasteiger partial charge in [-0.1, -0.05) is 25.3 Å². The normalized spacial score (nSPS) is 29.0. The summed E-state index contributed by atoms with van der Waals surface area (Å²) in [6.45, 7) is 0.634. The summed E-state index contributed by atoms with van der Waals surface area (Å²) < 4.78 is 0. The van der Waals surface area contributed by atoms with E-state index >= 15 is 0 Å². The van der Waals surface area contributed by atoms with Crippen molar-refractivity contribution < 1.29 is 9.59 Å². The van der Waals surface area contributed by atoms with E-state index in [0.717, 1.165) is 37.8 Å². The van der Waals surface area contributed by atoms with Crippen molar-refractivity contribution in [2.24, 2.45) is 5.41 Å². The Morgan fingerprint density at radius 1 is 1.32 bits per heavy atom. The van der Waals surface area contributed by atoms with E-state index in [4.69, 9.17) is 0 Å². The zero-order valence-electron chi connectivity index (χ0n) is 13.5. The number of rotatable bonds is 3. The Hall–Kier alpha value is -1.52. The molecule has 3 aliphatic rings. The van der Waals surface area contributed by atoms with Gasteiger partial charge in [-0.25, -0.2) is 4.79 Å². The second-order valence-corrected chi connectivity index (χ2v) is 7.02. The van der Waals surface area contributed by atoms with E-state index in [0.29, 0.717) is 19.0 Å². The Bertz CT molecular complexity index is 482. The molecule has 1 heterocycles. The molecule has 0 bridgehead atoms. The van der Waals surface area contributed by atoms with Gasteiger partial charge in [-0.2, -0.15) is 0 Å². The second kappa shape index (κ2) is 6.31.